The van der Waals surface area contributed by atoms with Crippen molar-refractivity contribution < 1.29 is 0 Å². The van der Waals surface area contributed by atoms with Crippen molar-refractivity contribution in [2.75, 3.05) is 0 Å². The number of rotatable bonds is 0. The van der Waals surface area contributed by atoms with Crippen molar-refractivity contribution in [3.05, 3.63) is 24.3 Å². The zero-order chi connectivity index (χ0) is 10.5. The molecule has 84 valence electrons. The first-order valence-corrected chi connectivity index (χ1v) is 7.14. The molecule has 3 fully saturated rings. The molecule has 0 aromatic carbocycles. The van der Waals surface area contributed by atoms with Gasteiger partial charge < -0.3 is 0 Å². The van der Waals surface area contributed by atoms with Crippen LogP contribution in [0.1, 0.15) is 26.2 Å². The third-order valence-corrected chi connectivity index (χ3v) is 7.01. The molecule has 0 aliphatic heterocycles. The van der Waals surface area contributed by atoms with Gasteiger partial charge in [-0.2, -0.15) is 0 Å². The third kappa shape index (κ3) is 0.682. The van der Waals surface area contributed by atoms with Crippen LogP contribution in [-0.2, 0) is 0 Å². The van der Waals surface area contributed by atoms with Crippen LogP contribution in [0.5, 0.6) is 0 Å². The molecule has 16 heavy (non-hydrogen) atoms. The highest BCUT2D eigenvalue weighted by Crippen LogP contribution is 2.75. The van der Waals surface area contributed by atoms with Gasteiger partial charge in [0.05, 0.1) is 0 Å². The van der Waals surface area contributed by atoms with Gasteiger partial charge in [0.25, 0.3) is 0 Å². The maximum Gasteiger partial charge on any atom is -0.0165 e. The predicted molar refractivity (Wildman–Crippen MR) is 64.7 cm³/mol. The molecule has 8 unspecified atom stereocenters. The van der Waals surface area contributed by atoms with Gasteiger partial charge in [0, 0.05) is 0 Å². The molecule has 0 amide bonds. The van der Waals surface area contributed by atoms with Gasteiger partial charge in [0.2, 0.25) is 0 Å². The molecular formula is C16H20. The Hall–Kier alpha value is -0.520. The molecule has 5 aliphatic rings. The van der Waals surface area contributed by atoms with Crippen LogP contribution in [0.15, 0.2) is 24.3 Å². The quantitative estimate of drug-likeness (QED) is 0.424. The Morgan fingerprint density at radius 3 is 2.94 bits per heavy atom. The minimum Gasteiger partial charge on any atom is -0.0879 e. The lowest BCUT2D eigenvalue weighted by Gasteiger charge is -2.45. The highest BCUT2D eigenvalue weighted by Gasteiger charge is 2.69. The van der Waals surface area contributed by atoms with Crippen molar-refractivity contribution in [2.24, 2.45) is 46.8 Å². The minimum atomic E-state index is 0.702. The molecular weight excluding hydrogens is 192 g/mol. The van der Waals surface area contributed by atoms with Gasteiger partial charge in [0.1, 0.15) is 0 Å². The zero-order valence-corrected chi connectivity index (χ0v) is 9.97. The topological polar surface area (TPSA) is 0 Å². The molecule has 0 saturated heterocycles. The average molecular weight is 212 g/mol. The summed E-state index contributed by atoms with van der Waals surface area (Å²) in [6.45, 7) is 2.64. The van der Waals surface area contributed by atoms with Crippen molar-refractivity contribution in [3.8, 4) is 0 Å². The van der Waals surface area contributed by atoms with Gasteiger partial charge in [-0.15, -0.1) is 0 Å². The van der Waals surface area contributed by atoms with E-state index in [9.17, 15) is 0 Å². The number of allylic oxidation sites excluding steroid dienone is 4. The normalized spacial score (nSPS) is 67.9. The largest absolute Gasteiger partial charge is 0.0879 e. The van der Waals surface area contributed by atoms with Gasteiger partial charge in [0.15, 0.2) is 0 Å². The maximum atomic E-state index is 2.64. The standard InChI is InChI=1S/C16H20/c1-16-8-12(11-3-2-4-13(11)16)14-9-5-6-10(7-9)15(14)16/h2-3,5-6,9-15H,4,7-8H2,1H3. The highest BCUT2D eigenvalue weighted by atomic mass is 14.7. The van der Waals surface area contributed by atoms with Gasteiger partial charge in [-0.3, -0.25) is 0 Å². The minimum absolute atomic E-state index is 0.702. The highest BCUT2D eigenvalue weighted by molar-refractivity contribution is 5.28. The Bertz CT molecular complexity index is 418. The molecule has 0 heteroatoms. The van der Waals surface area contributed by atoms with Crippen LogP contribution in [-0.4, -0.2) is 0 Å². The molecule has 5 aliphatic carbocycles. The van der Waals surface area contributed by atoms with E-state index in [0.717, 1.165) is 41.4 Å². The van der Waals surface area contributed by atoms with Crippen molar-refractivity contribution >= 4 is 0 Å². The molecule has 8 atom stereocenters. The fraction of sp³-hybridized carbons (Fsp3) is 0.750. The van der Waals surface area contributed by atoms with Crippen LogP contribution in [0.3, 0.4) is 0 Å². The first kappa shape index (κ1) is 8.55. The summed E-state index contributed by atoms with van der Waals surface area (Å²) in [7, 11) is 0. The smallest absolute Gasteiger partial charge is 0.0165 e. The maximum absolute atomic E-state index is 2.64. The molecule has 0 aromatic heterocycles. The van der Waals surface area contributed by atoms with Crippen LogP contribution >= 0.6 is 0 Å². The molecule has 0 spiro atoms. The summed E-state index contributed by atoms with van der Waals surface area (Å²) in [5.74, 6) is 7.12. The van der Waals surface area contributed by atoms with Gasteiger partial charge in [-0.1, -0.05) is 31.2 Å². The molecule has 5 rings (SSSR count). The summed E-state index contributed by atoms with van der Waals surface area (Å²) in [5, 5.41) is 0. The molecule has 0 radical (unpaired) electrons. The summed E-state index contributed by atoms with van der Waals surface area (Å²) in [5.41, 5.74) is 0.702. The van der Waals surface area contributed by atoms with E-state index in [2.05, 4.69) is 31.2 Å². The molecule has 0 heterocycles. The Balaban J connectivity index is 1.68. The lowest BCUT2D eigenvalue weighted by molar-refractivity contribution is 0.0504. The zero-order valence-electron chi connectivity index (χ0n) is 9.97. The van der Waals surface area contributed by atoms with E-state index in [-0.39, 0.29) is 0 Å². The van der Waals surface area contributed by atoms with Crippen molar-refractivity contribution in [2.45, 2.75) is 26.2 Å². The van der Waals surface area contributed by atoms with Crippen LogP contribution in [0.25, 0.3) is 0 Å². The average Bonchev–Trinajstić information content (AvgIpc) is 3.00. The fourth-order valence-electron chi connectivity index (χ4n) is 6.77. The fourth-order valence-corrected chi connectivity index (χ4v) is 6.77. The van der Waals surface area contributed by atoms with Crippen molar-refractivity contribution in [1.82, 2.24) is 0 Å². The summed E-state index contributed by atoms with van der Waals surface area (Å²) in [6.07, 6.45) is 14.6. The van der Waals surface area contributed by atoms with Gasteiger partial charge in [-0.05, 0) is 66.1 Å². The van der Waals surface area contributed by atoms with E-state index in [0.29, 0.717) is 5.41 Å². The van der Waals surface area contributed by atoms with E-state index in [4.69, 9.17) is 0 Å². The molecule has 0 nitrogen and oxygen atoms in total. The van der Waals surface area contributed by atoms with Gasteiger partial charge >= 0.3 is 0 Å². The van der Waals surface area contributed by atoms with Crippen LogP contribution in [0.2, 0.25) is 0 Å². The second kappa shape index (κ2) is 2.35. The van der Waals surface area contributed by atoms with E-state index in [1.54, 1.807) is 6.42 Å². The van der Waals surface area contributed by atoms with Crippen LogP contribution < -0.4 is 0 Å². The Kier molecular flexibility index (Phi) is 1.25. The molecule has 4 bridgehead atoms. The summed E-state index contributed by atoms with van der Waals surface area (Å²) < 4.78 is 0. The van der Waals surface area contributed by atoms with E-state index >= 15 is 0 Å². The monoisotopic (exact) mass is 212 g/mol. The molecule has 0 aromatic rings. The Labute approximate surface area is 97.8 Å². The number of hydrogen-bond acceptors (Lipinski definition) is 0. The number of hydrogen-bond donors (Lipinski definition) is 0. The predicted octanol–water partition coefficient (Wildman–Crippen LogP) is 3.66. The first-order valence-electron chi connectivity index (χ1n) is 7.14. The van der Waals surface area contributed by atoms with Crippen LogP contribution in [0.4, 0.5) is 0 Å². The second-order valence-corrected chi connectivity index (χ2v) is 7.27. The lowest BCUT2D eigenvalue weighted by Crippen LogP contribution is -2.40. The van der Waals surface area contributed by atoms with E-state index < -0.39 is 0 Å². The van der Waals surface area contributed by atoms with E-state index in [1.165, 1.54) is 12.8 Å². The number of fused-ring (bicyclic) bond motifs is 12. The summed E-state index contributed by atoms with van der Waals surface area (Å²) in [6, 6.07) is 0. The SMILES string of the molecule is CC12CC(C3C=CCC31)C1C3C=CC(C3)C12. The first-order chi connectivity index (χ1) is 7.79. The Morgan fingerprint density at radius 1 is 1.12 bits per heavy atom. The molecule has 0 N–H and O–H groups in total. The van der Waals surface area contributed by atoms with Crippen LogP contribution in [0, 0.1) is 46.8 Å². The van der Waals surface area contributed by atoms with Gasteiger partial charge in [-0.25, -0.2) is 0 Å². The molecule has 3 saturated carbocycles. The third-order valence-electron chi connectivity index (χ3n) is 7.01. The van der Waals surface area contributed by atoms with Crippen molar-refractivity contribution in [1.29, 1.82) is 0 Å². The summed E-state index contributed by atoms with van der Waals surface area (Å²) in [4.78, 5) is 0. The summed E-state index contributed by atoms with van der Waals surface area (Å²) >= 11 is 0. The van der Waals surface area contributed by atoms with Crippen molar-refractivity contribution in [3.63, 3.8) is 0 Å². The Morgan fingerprint density at radius 2 is 2.00 bits per heavy atom. The second-order valence-electron chi connectivity index (χ2n) is 7.27. The lowest BCUT2D eigenvalue weighted by atomic mass is 9.59. The van der Waals surface area contributed by atoms with E-state index in [1.807, 2.05) is 0 Å².